The minimum absolute atomic E-state index is 0.161. The number of nitrogens with zero attached hydrogens (tertiary/aromatic N) is 2. The van der Waals surface area contributed by atoms with Gasteiger partial charge in [0, 0.05) is 16.0 Å². The van der Waals surface area contributed by atoms with Crippen LogP contribution >= 0.6 is 46.0 Å². The standard InChI is InChI=1S/C22H15ClN4O2S3/c23-13-6-7-15-16(8-13)32-22(24-15)27-18(28)11-30-10-17-25-20(29)19-14(9-31-21(19)26-17)12-4-2-1-3-5-12/h1-9H,10-11H2,(H,24,27,28)(H,25,26,29). The van der Waals surface area contributed by atoms with Crippen LogP contribution in [0.15, 0.2) is 58.7 Å². The summed E-state index contributed by atoms with van der Waals surface area (Å²) in [7, 11) is 0. The van der Waals surface area contributed by atoms with Gasteiger partial charge in [0.25, 0.3) is 5.56 Å². The number of H-pyrrole nitrogens is 1. The summed E-state index contributed by atoms with van der Waals surface area (Å²) in [6.07, 6.45) is 0. The zero-order chi connectivity index (χ0) is 22.1. The Morgan fingerprint density at radius 3 is 2.84 bits per heavy atom. The summed E-state index contributed by atoms with van der Waals surface area (Å²) < 4.78 is 0.918. The molecule has 0 saturated carbocycles. The first-order valence-electron chi connectivity index (χ1n) is 9.56. The summed E-state index contributed by atoms with van der Waals surface area (Å²) in [6, 6.07) is 15.2. The number of anilines is 1. The number of aromatic amines is 1. The van der Waals surface area contributed by atoms with Gasteiger partial charge in [-0.15, -0.1) is 23.1 Å². The molecule has 10 heteroatoms. The number of thiophene rings is 1. The van der Waals surface area contributed by atoms with Crippen molar-refractivity contribution in [3.05, 3.63) is 75.1 Å². The van der Waals surface area contributed by atoms with E-state index in [-0.39, 0.29) is 17.2 Å². The summed E-state index contributed by atoms with van der Waals surface area (Å²) in [5.74, 6) is 1.03. The van der Waals surface area contributed by atoms with Crippen LogP contribution in [0.4, 0.5) is 5.13 Å². The maximum absolute atomic E-state index is 12.7. The molecule has 0 radical (unpaired) electrons. The number of carbonyl (C=O) groups excluding carboxylic acids is 1. The number of benzene rings is 2. The average molecular weight is 499 g/mol. The summed E-state index contributed by atoms with van der Waals surface area (Å²) in [5, 5.41) is 6.54. The molecule has 0 fully saturated rings. The fraction of sp³-hybridized carbons (Fsp3) is 0.0909. The zero-order valence-corrected chi connectivity index (χ0v) is 19.6. The first kappa shape index (κ1) is 21.1. The number of hydrogen-bond acceptors (Lipinski definition) is 7. The van der Waals surface area contributed by atoms with Crippen molar-refractivity contribution >= 4 is 77.5 Å². The summed E-state index contributed by atoms with van der Waals surface area (Å²) >= 11 is 10.2. The van der Waals surface area contributed by atoms with Crippen molar-refractivity contribution in [2.45, 2.75) is 5.75 Å². The largest absolute Gasteiger partial charge is 0.309 e. The number of amides is 1. The van der Waals surface area contributed by atoms with E-state index in [2.05, 4.69) is 20.3 Å². The molecule has 0 unspecified atom stereocenters. The van der Waals surface area contributed by atoms with E-state index in [0.717, 1.165) is 21.3 Å². The van der Waals surface area contributed by atoms with Gasteiger partial charge in [-0.2, -0.15) is 0 Å². The van der Waals surface area contributed by atoms with Crippen molar-refractivity contribution in [3.8, 4) is 11.1 Å². The third-order valence-electron chi connectivity index (χ3n) is 4.65. The van der Waals surface area contributed by atoms with Crippen molar-refractivity contribution in [1.29, 1.82) is 0 Å². The Labute approximate surface area is 199 Å². The van der Waals surface area contributed by atoms with Crippen LogP contribution in [0.1, 0.15) is 5.82 Å². The SMILES string of the molecule is O=C(CSCc1nc2scc(-c3ccccc3)c2c(=O)[nH]1)Nc1nc2ccc(Cl)cc2s1. The highest BCUT2D eigenvalue weighted by molar-refractivity contribution is 7.99. The highest BCUT2D eigenvalue weighted by Crippen LogP contribution is 2.31. The van der Waals surface area contributed by atoms with Crippen molar-refractivity contribution in [1.82, 2.24) is 15.0 Å². The highest BCUT2D eigenvalue weighted by atomic mass is 35.5. The van der Waals surface area contributed by atoms with Gasteiger partial charge in [0.1, 0.15) is 10.7 Å². The summed E-state index contributed by atoms with van der Waals surface area (Å²) in [4.78, 5) is 37.5. The van der Waals surface area contributed by atoms with Crippen LogP contribution in [-0.4, -0.2) is 26.6 Å². The van der Waals surface area contributed by atoms with Gasteiger partial charge in [-0.3, -0.25) is 9.59 Å². The molecule has 3 heterocycles. The molecule has 3 aromatic heterocycles. The monoisotopic (exact) mass is 498 g/mol. The number of carbonyl (C=O) groups is 1. The van der Waals surface area contributed by atoms with Crippen LogP contribution in [0, 0.1) is 0 Å². The quantitative estimate of drug-likeness (QED) is 0.309. The van der Waals surface area contributed by atoms with E-state index in [1.54, 1.807) is 6.07 Å². The Kier molecular flexibility index (Phi) is 5.97. The molecule has 0 aliphatic rings. The second-order valence-corrected chi connectivity index (χ2v) is 10.2. The van der Waals surface area contributed by atoms with Crippen LogP contribution in [0.2, 0.25) is 5.02 Å². The van der Waals surface area contributed by atoms with Gasteiger partial charge >= 0.3 is 0 Å². The van der Waals surface area contributed by atoms with E-state index in [1.165, 1.54) is 34.4 Å². The number of halogens is 1. The molecule has 32 heavy (non-hydrogen) atoms. The Bertz CT molecular complexity index is 1490. The lowest BCUT2D eigenvalue weighted by Gasteiger charge is -2.03. The number of hydrogen-bond donors (Lipinski definition) is 2. The molecular formula is C22H15ClN4O2S3. The smallest absolute Gasteiger partial charge is 0.260 e. The molecule has 5 aromatic rings. The van der Waals surface area contributed by atoms with Crippen LogP contribution in [0.25, 0.3) is 31.6 Å². The molecule has 0 aliphatic carbocycles. The second-order valence-electron chi connectivity index (χ2n) is 6.88. The lowest BCUT2D eigenvalue weighted by Crippen LogP contribution is -2.15. The second kappa shape index (κ2) is 9.03. The number of thiazole rings is 1. The minimum atomic E-state index is -0.164. The molecule has 2 aromatic carbocycles. The first-order chi connectivity index (χ1) is 15.6. The predicted octanol–water partition coefficient (Wildman–Crippen LogP) is 5.79. The Morgan fingerprint density at radius 2 is 2.00 bits per heavy atom. The van der Waals surface area contributed by atoms with E-state index < -0.39 is 0 Å². The van der Waals surface area contributed by atoms with E-state index >= 15 is 0 Å². The number of fused-ring (bicyclic) bond motifs is 2. The van der Waals surface area contributed by atoms with Crippen LogP contribution in [0.3, 0.4) is 0 Å². The Hall–Kier alpha value is -2.72. The Morgan fingerprint density at radius 1 is 1.16 bits per heavy atom. The van der Waals surface area contributed by atoms with Crippen molar-refractivity contribution in [2.75, 3.05) is 11.1 Å². The van der Waals surface area contributed by atoms with Crippen molar-refractivity contribution in [2.24, 2.45) is 0 Å². The van der Waals surface area contributed by atoms with Gasteiger partial charge in [0.2, 0.25) is 5.91 Å². The van der Waals surface area contributed by atoms with E-state index in [9.17, 15) is 9.59 Å². The third-order valence-corrected chi connectivity index (χ3v) is 7.63. The van der Waals surface area contributed by atoms with E-state index in [0.29, 0.717) is 31.9 Å². The Balaban J connectivity index is 1.24. The first-order valence-corrected chi connectivity index (χ1v) is 12.8. The van der Waals surface area contributed by atoms with Gasteiger partial charge in [-0.05, 0) is 23.8 Å². The maximum Gasteiger partial charge on any atom is 0.260 e. The van der Waals surface area contributed by atoms with Crippen molar-refractivity contribution in [3.63, 3.8) is 0 Å². The molecule has 0 saturated heterocycles. The van der Waals surface area contributed by atoms with Gasteiger partial charge in [0.05, 0.1) is 27.1 Å². The van der Waals surface area contributed by atoms with Gasteiger partial charge in [-0.25, -0.2) is 9.97 Å². The molecular weight excluding hydrogens is 484 g/mol. The van der Waals surface area contributed by atoms with Crippen LogP contribution in [0.5, 0.6) is 0 Å². The maximum atomic E-state index is 12.7. The lowest BCUT2D eigenvalue weighted by atomic mass is 10.1. The molecule has 2 N–H and O–H groups in total. The molecule has 1 amide bonds. The fourth-order valence-electron chi connectivity index (χ4n) is 3.24. The molecule has 5 rings (SSSR count). The third kappa shape index (κ3) is 4.42. The topological polar surface area (TPSA) is 87.7 Å². The minimum Gasteiger partial charge on any atom is -0.309 e. The van der Waals surface area contributed by atoms with E-state index in [1.807, 2.05) is 47.8 Å². The summed E-state index contributed by atoms with van der Waals surface area (Å²) in [5.41, 5.74) is 2.50. The number of nitrogens with one attached hydrogen (secondary N) is 2. The molecule has 0 aliphatic heterocycles. The van der Waals surface area contributed by atoms with Crippen LogP contribution < -0.4 is 10.9 Å². The molecule has 0 bridgehead atoms. The fourth-order valence-corrected chi connectivity index (χ4v) is 6.05. The average Bonchev–Trinajstić information content (AvgIpc) is 3.38. The zero-order valence-electron chi connectivity index (χ0n) is 16.4. The highest BCUT2D eigenvalue weighted by Gasteiger charge is 2.14. The van der Waals surface area contributed by atoms with Gasteiger partial charge in [0.15, 0.2) is 5.13 Å². The normalized spacial score (nSPS) is 11.3. The lowest BCUT2D eigenvalue weighted by molar-refractivity contribution is -0.113. The predicted molar refractivity (Wildman–Crippen MR) is 135 cm³/mol. The van der Waals surface area contributed by atoms with Gasteiger partial charge < -0.3 is 10.3 Å². The van der Waals surface area contributed by atoms with Gasteiger partial charge in [-0.1, -0.05) is 53.3 Å². The number of thioether (sulfide) groups is 1. The van der Waals surface area contributed by atoms with Crippen LogP contribution in [-0.2, 0) is 10.5 Å². The number of aromatic nitrogens is 3. The van der Waals surface area contributed by atoms with Crippen molar-refractivity contribution < 1.29 is 4.79 Å². The molecule has 6 nitrogen and oxygen atoms in total. The van der Waals surface area contributed by atoms with E-state index in [4.69, 9.17) is 11.6 Å². The molecule has 0 spiro atoms. The molecule has 0 atom stereocenters. The molecule has 160 valence electrons. The number of rotatable bonds is 6. The summed E-state index contributed by atoms with van der Waals surface area (Å²) in [6.45, 7) is 0.